The number of benzene rings is 9. The molecular weight excluding hydrogens is 655 g/mol. The van der Waals surface area contributed by atoms with E-state index in [-0.39, 0.29) is 0 Å². The number of hydrogen-bond acceptors (Lipinski definition) is 2. The van der Waals surface area contributed by atoms with Crippen molar-refractivity contribution in [3.63, 3.8) is 0 Å². The van der Waals surface area contributed by atoms with E-state index in [1.54, 1.807) is 0 Å². The number of para-hydroxylation sites is 1. The Hall–Kier alpha value is -7.16. The minimum atomic E-state index is 0.888. The van der Waals surface area contributed by atoms with Crippen molar-refractivity contribution >= 4 is 49.8 Å². The maximum Gasteiger partial charge on any atom is 0.136 e. The van der Waals surface area contributed by atoms with E-state index >= 15 is 0 Å². The monoisotopic (exact) mass is 689 g/mol. The first-order valence-electron chi connectivity index (χ1n) is 18.4. The number of anilines is 3. The van der Waals surface area contributed by atoms with Crippen LogP contribution in [0.5, 0.6) is 0 Å². The molecule has 54 heavy (non-hydrogen) atoms. The molecule has 0 spiro atoms. The van der Waals surface area contributed by atoms with Crippen molar-refractivity contribution < 1.29 is 4.42 Å². The summed E-state index contributed by atoms with van der Waals surface area (Å²) >= 11 is 0. The zero-order valence-corrected chi connectivity index (χ0v) is 29.6. The highest BCUT2D eigenvalue weighted by atomic mass is 16.3. The molecule has 0 N–H and O–H groups in total. The smallest absolute Gasteiger partial charge is 0.136 e. The van der Waals surface area contributed by atoms with E-state index in [0.29, 0.717) is 0 Å². The third-order valence-electron chi connectivity index (χ3n) is 10.4. The zero-order valence-electron chi connectivity index (χ0n) is 29.6. The summed E-state index contributed by atoms with van der Waals surface area (Å²) in [5.41, 5.74) is 14.4. The SMILES string of the molecule is c1ccc(-c2cc(-c3ccccc3)cc(N(c3ccccc3)c3ccc(-c4ccc5c(c4)oc4cc(-c6ccccc6)c6ccccc6c45)cc3)c2)cc1. The Balaban J connectivity index is 1.07. The maximum absolute atomic E-state index is 6.65. The van der Waals surface area contributed by atoms with Crippen molar-refractivity contribution in [1.29, 1.82) is 0 Å². The molecule has 10 aromatic rings. The number of furan rings is 1. The normalized spacial score (nSPS) is 11.3. The second-order valence-corrected chi connectivity index (χ2v) is 13.7. The van der Waals surface area contributed by atoms with E-state index < -0.39 is 0 Å². The number of hydrogen-bond donors (Lipinski definition) is 0. The Morgan fingerprint density at radius 1 is 0.278 bits per heavy atom. The highest BCUT2D eigenvalue weighted by molar-refractivity contribution is 6.22. The van der Waals surface area contributed by atoms with Gasteiger partial charge in [0.15, 0.2) is 0 Å². The molecule has 0 aliphatic carbocycles. The van der Waals surface area contributed by atoms with Gasteiger partial charge in [0, 0.05) is 27.8 Å². The van der Waals surface area contributed by atoms with E-state index in [1.807, 2.05) is 0 Å². The second kappa shape index (κ2) is 13.4. The molecule has 0 unspecified atom stereocenters. The van der Waals surface area contributed by atoms with Gasteiger partial charge in [0.05, 0.1) is 0 Å². The van der Waals surface area contributed by atoms with Crippen LogP contribution >= 0.6 is 0 Å². The lowest BCUT2D eigenvalue weighted by atomic mass is 9.94. The molecule has 0 aliphatic heterocycles. The van der Waals surface area contributed by atoms with Crippen LogP contribution in [0.4, 0.5) is 17.1 Å². The predicted molar refractivity (Wildman–Crippen MR) is 228 cm³/mol. The van der Waals surface area contributed by atoms with Crippen LogP contribution < -0.4 is 4.90 Å². The van der Waals surface area contributed by atoms with E-state index in [1.165, 1.54) is 44.2 Å². The first-order chi connectivity index (χ1) is 26.8. The van der Waals surface area contributed by atoms with Crippen molar-refractivity contribution in [3.8, 4) is 44.5 Å². The average molecular weight is 690 g/mol. The van der Waals surface area contributed by atoms with Crippen LogP contribution in [0.25, 0.3) is 77.2 Å². The summed E-state index contributed by atoms with van der Waals surface area (Å²) < 4.78 is 6.65. The van der Waals surface area contributed by atoms with Gasteiger partial charge in [-0.1, -0.05) is 152 Å². The van der Waals surface area contributed by atoms with Crippen LogP contribution in [-0.4, -0.2) is 0 Å². The van der Waals surface area contributed by atoms with Gasteiger partial charge in [0.2, 0.25) is 0 Å². The molecule has 0 fully saturated rings. The molecule has 9 aromatic carbocycles. The lowest BCUT2D eigenvalue weighted by Crippen LogP contribution is -2.10. The molecule has 0 aliphatic rings. The maximum atomic E-state index is 6.65. The van der Waals surface area contributed by atoms with Gasteiger partial charge in [-0.2, -0.15) is 0 Å². The quantitative estimate of drug-likeness (QED) is 0.166. The first-order valence-corrected chi connectivity index (χ1v) is 18.4. The molecule has 1 heterocycles. The summed E-state index contributed by atoms with van der Waals surface area (Å²) in [6, 6.07) is 75.7. The highest BCUT2D eigenvalue weighted by Gasteiger charge is 2.18. The molecule has 254 valence electrons. The molecule has 2 heteroatoms. The molecule has 0 radical (unpaired) electrons. The van der Waals surface area contributed by atoms with Crippen molar-refractivity contribution in [2.45, 2.75) is 0 Å². The van der Waals surface area contributed by atoms with Crippen LogP contribution in [-0.2, 0) is 0 Å². The molecule has 2 nitrogen and oxygen atoms in total. The summed E-state index contributed by atoms with van der Waals surface area (Å²) in [6.45, 7) is 0. The van der Waals surface area contributed by atoms with E-state index in [2.05, 4.69) is 217 Å². The summed E-state index contributed by atoms with van der Waals surface area (Å²) in [7, 11) is 0. The Labute approximate surface area is 314 Å². The minimum absolute atomic E-state index is 0.888. The summed E-state index contributed by atoms with van der Waals surface area (Å²) in [5.74, 6) is 0. The van der Waals surface area contributed by atoms with Gasteiger partial charge in [-0.25, -0.2) is 0 Å². The molecule has 0 bridgehead atoms. The molecule has 0 amide bonds. The predicted octanol–water partition coefficient (Wildman–Crippen LogP) is 14.9. The summed E-state index contributed by atoms with van der Waals surface area (Å²) in [6.07, 6.45) is 0. The minimum Gasteiger partial charge on any atom is -0.456 e. The second-order valence-electron chi connectivity index (χ2n) is 13.7. The van der Waals surface area contributed by atoms with Gasteiger partial charge in [-0.05, 0) is 116 Å². The molecule has 1 aromatic heterocycles. The number of nitrogens with zero attached hydrogens (tertiary/aromatic N) is 1. The average Bonchev–Trinajstić information content (AvgIpc) is 3.63. The van der Waals surface area contributed by atoms with Crippen LogP contribution in [0, 0.1) is 0 Å². The van der Waals surface area contributed by atoms with Gasteiger partial charge in [-0.15, -0.1) is 0 Å². The standard InChI is InChI=1S/C52H35NO/c1-5-15-36(16-6-1)41-31-42(37-17-7-2-8-18-37)33-45(32-41)53(43-21-11-4-12-22-43)44-28-25-38(26-29-44)40-27-30-48-50(34-40)54-51-35-49(39-19-9-3-10-20-39)46-23-13-14-24-47(46)52(48)51/h1-35H. The van der Waals surface area contributed by atoms with Crippen LogP contribution in [0.2, 0.25) is 0 Å². The Kier molecular flexibility index (Phi) is 7.85. The lowest BCUT2D eigenvalue weighted by Gasteiger charge is -2.27. The Bertz CT molecular complexity index is 2840. The zero-order chi connectivity index (χ0) is 35.8. The van der Waals surface area contributed by atoms with Gasteiger partial charge in [-0.3, -0.25) is 0 Å². The van der Waals surface area contributed by atoms with E-state index in [0.717, 1.165) is 50.1 Å². The van der Waals surface area contributed by atoms with Gasteiger partial charge < -0.3 is 9.32 Å². The molecule has 0 saturated heterocycles. The van der Waals surface area contributed by atoms with Gasteiger partial charge in [0.25, 0.3) is 0 Å². The van der Waals surface area contributed by atoms with Crippen molar-refractivity contribution in [3.05, 3.63) is 212 Å². The lowest BCUT2D eigenvalue weighted by molar-refractivity contribution is 0.669. The van der Waals surface area contributed by atoms with E-state index in [9.17, 15) is 0 Å². The van der Waals surface area contributed by atoms with Gasteiger partial charge >= 0.3 is 0 Å². The van der Waals surface area contributed by atoms with Crippen LogP contribution in [0.3, 0.4) is 0 Å². The topological polar surface area (TPSA) is 16.4 Å². The molecule has 0 atom stereocenters. The Morgan fingerprint density at radius 3 is 1.41 bits per heavy atom. The fourth-order valence-electron chi connectivity index (χ4n) is 7.84. The third-order valence-corrected chi connectivity index (χ3v) is 10.4. The largest absolute Gasteiger partial charge is 0.456 e. The van der Waals surface area contributed by atoms with Crippen LogP contribution in [0.15, 0.2) is 217 Å². The van der Waals surface area contributed by atoms with Crippen LogP contribution in [0.1, 0.15) is 0 Å². The highest BCUT2D eigenvalue weighted by Crippen LogP contribution is 2.43. The number of rotatable bonds is 7. The first kappa shape index (κ1) is 31.6. The summed E-state index contributed by atoms with van der Waals surface area (Å²) in [4.78, 5) is 2.35. The van der Waals surface area contributed by atoms with Gasteiger partial charge in [0.1, 0.15) is 11.2 Å². The fourth-order valence-corrected chi connectivity index (χ4v) is 7.84. The van der Waals surface area contributed by atoms with Crippen molar-refractivity contribution in [1.82, 2.24) is 0 Å². The fraction of sp³-hybridized carbons (Fsp3) is 0. The van der Waals surface area contributed by atoms with Crippen molar-refractivity contribution in [2.75, 3.05) is 4.90 Å². The molecule has 10 rings (SSSR count). The third kappa shape index (κ3) is 5.71. The Morgan fingerprint density at radius 2 is 0.778 bits per heavy atom. The molecular formula is C52H35NO. The number of fused-ring (bicyclic) bond motifs is 5. The van der Waals surface area contributed by atoms with Crippen molar-refractivity contribution in [2.24, 2.45) is 0 Å². The van der Waals surface area contributed by atoms with E-state index in [4.69, 9.17) is 4.42 Å². The molecule has 0 saturated carbocycles. The summed E-state index contributed by atoms with van der Waals surface area (Å²) in [5, 5.41) is 4.72.